The Morgan fingerprint density at radius 2 is 1.71 bits per heavy atom. The second kappa shape index (κ2) is 6.96. The van der Waals surface area contributed by atoms with Gasteiger partial charge >= 0.3 is 0 Å². The summed E-state index contributed by atoms with van der Waals surface area (Å²) in [6.45, 7) is 0.339. The molecular weight excluding hydrogens is 344 g/mol. The lowest BCUT2D eigenvalue weighted by atomic mass is 10.1. The average Bonchev–Trinajstić information content (AvgIpc) is 3.12. The fraction of sp³-hybridized carbons (Fsp3) is 0.235. The molecule has 0 saturated carbocycles. The van der Waals surface area contributed by atoms with Gasteiger partial charge in [-0.25, -0.2) is 8.42 Å². The number of carbonyl (C=O) groups excluding carboxylic acids is 1. The number of benzene rings is 2. The van der Waals surface area contributed by atoms with Crippen LogP contribution in [0.2, 0.25) is 0 Å². The highest BCUT2D eigenvalue weighted by Gasteiger charge is 2.39. The van der Waals surface area contributed by atoms with E-state index in [1.54, 1.807) is 24.3 Å². The zero-order chi connectivity index (χ0) is 17.2. The molecule has 0 aliphatic carbocycles. The van der Waals surface area contributed by atoms with Crippen LogP contribution in [0.1, 0.15) is 0 Å². The summed E-state index contributed by atoms with van der Waals surface area (Å²) < 4.78 is 27.0. The van der Waals surface area contributed by atoms with E-state index in [0.29, 0.717) is 12.3 Å². The molecule has 0 spiro atoms. The molecule has 2 aromatic carbocycles. The Labute approximate surface area is 146 Å². The summed E-state index contributed by atoms with van der Waals surface area (Å²) in [6, 6.07) is 16.5. The van der Waals surface area contributed by atoms with E-state index in [9.17, 15) is 13.2 Å². The Bertz CT molecular complexity index is 821. The van der Waals surface area contributed by atoms with Crippen LogP contribution < -0.4 is 5.32 Å². The summed E-state index contributed by atoms with van der Waals surface area (Å²) in [5, 5.41) is 1.82. The predicted octanol–water partition coefficient (Wildman–Crippen LogP) is 2.16. The first-order chi connectivity index (χ1) is 11.5. The van der Waals surface area contributed by atoms with Gasteiger partial charge in [-0.2, -0.15) is 4.31 Å². The fourth-order valence-electron chi connectivity index (χ4n) is 2.62. The van der Waals surface area contributed by atoms with Crippen LogP contribution in [-0.2, 0) is 14.8 Å². The Morgan fingerprint density at radius 3 is 2.33 bits per heavy atom. The Kier molecular flexibility index (Phi) is 4.93. The minimum absolute atomic E-state index is 0.207. The number of carbonyl (C=O) groups is 1. The minimum Gasteiger partial charge on any atom is -0.357 e. The van der Waals surface area contributed by atoms with Crippen LogP contribution >= 0.6 is 11.8 Å². The highest BCUT2D eigenvalue weighted by Crippen LogP contribution is 2.31. The van der Waals surface area contributed by atoms with E-state index in [1.165, 1.54) is 23.1 Å². The van der Waals surface area contributed by atoms with E-state index in [2.05, 4.69) is 5.32 Å². The number of thioether (sulfide) groups is 1. The standard InChI is InChI=1S/C17H18N2O3S2/c1-18-16(20)17-19(11-12-23-17)24(21,22)15-9-7-14(8-10-15)13-5-3-2-4-6-13/h2-10,17H,11-12H2,1H3,(H,18,20)/t17-/m0/s1. The van der Waals surface area contributed by atoms with Gasteiger partial charge in [0.05, 0.1) is 4.90 Å². The average molecular weight is 362 g/mol. The van der Waals surface area contributed by atoms with Gasteiger partial charge in [0.15, 0.2) is 0 Å². The van der Waals surface area contributed by atoms with Gasteiger partial charge in [-0.1, -0.05) is 42.5 Å². The van der Waals surface area contributed by atoms with Crippen molar-refractivity contribution < 1.29 is 13.2 Å². The number of amides is 1. The largest absolute Gasteiger partial charge is 0.357 e. The van der Waals surface area contributed by atoms with Crippen molar-refractivity contribution in [3.05, 3.63) is 54.6 Å². The van der Waals surface area contributed by atoms with Crippen LogP contribution in [0.25, 0.3) is 11.1 Å². The SMILES string of the molecule is CNC(=O)[C@@H]1SCCN1S(=O)(=O)c1ccc(-c2ccccc2)cc1. The molecule has 0 aromatic heterocycles. The summed E-state index contributed by atoms with van der Waals surface area (Å²) in [7, 11) is -2.18. The molecule has 1 aliphatic heterocycles. The predicted molar refractivity (Wildman–Crippen MR) is 96.1 cm³/mol. The summed E-state index contributed by atoms with van der Waals surface area (Å²) in [6.07, 6.45) is 0. The van der Waals surface area contributed by atoms with Crippen LogP contribution in [-0.4, -0.2) is 43.3 Å². The molecule has 1 saturated heterocycles. The first-order valence-electron chi connectivity index (χ1n) is 7.54. The molecule has 1 heterocycles. The lowest BCUT2D eigenvalue weighted by Gasteiger charge is -2.22. The van der Waals surface area contributed by atoms with E-state index in [0.717, 1.165) is 11.1 Å². The van der Waals surface area contributed by atoms with E-state index in [1.807, 2.05) is 30.3 Å². The lowest BCUT2D eigenvalue weighted by molar-refractivity contribution is -0.121. The zero-order valence-corrected chi connectivity index (χ0v) is 14.8. The van der Waals surface area contributed by atoms with Gasteiger partial charge in [0.25, 0.3) is 0 Å². The Morgan fingerprint density at radius 1 is 1.08 bits per heavy atom. The highest BCUT2D eigenvalue weighted by molar-refractivity contribution is 8.02. The van der Waals surface area contributed by atoms with E-state index < -0.39 is 15.4 Å². The lowest BCUT2D eigenvalue weighted by Crippen LogP contribution is -2.43. The second-order valence-corrected chi connectivity index (χ2v) is 8.42. The van der Waals surface area contributed by atoms with Gasteiger partial charge in [-0.3, -0.25) is 4.79 Å². The molecule has 1 aliphatic rings. The highest BCUT2D eigenvalue weighted by atomic mass is 32.2. The molecule has 3 rings (SSSR count). The molecular formula is C17H18N2O3S2. The van der Waals surface area contributed by atoms with Gasteiger partial charge in [0.1, 0.15) is 5.37 Å². The van der Waals surface area contributed by atoms with Crippen LogP contribution in [0.4, 0.5) is 0 Å². The van der Waals surface area contributed by atoms with Crippen LogP contribution in [0.15, 0.2) is 59.5 Å². The topological polar surface area (TPSA) is 66.5 Å². The summed E-state index contributed by atoms with van der Waals surface area (Å²) in [4.78, 5) is 12.1. The van der Waals surface area contributed by atoms with Crippen molar-refractivity contribution in [1.29, 1.82) is 0 Å². The summed E-state index contributed by atoms with van der Waals surface area (Å²) in [5.74, 6) is 0.321. The molecule has 1 N–H and O–H groups in total. The second-order valence-electron chi connectivity index (χ2n) is 5.34. The fourth-order valence-corrected chi connectivity index (χ4v) is 5.75. The number of likely N-dealkylation sites (N-methyl/N-ethyl adjacent to an activating group) is 1. The number of hydrogen-bond donors (Lipinski definition) is 1. The summed E-state index contributed by atoms with van der Waals surface area (Å²) >= 11 is 1.34. The summed E-state index contributed by atoms with van der Waals surface area (Å²) in [5.41, 5.74) is 1.98. The third-order valence-corrected chi connectivity index (χ3v) is 7.10. The zero-order valence-electron chi connectivity index (χ0n) is 13.2. The van der Waals surface area contributed by atoms with Gasteiger partial charge in [-0.15, -0.1) is 11.8 Å². The Balaban J connectivity index is 1.89. The van der Waals surface area contributed by atoms with E-state index in [-0.39, 0.29) is 10.8 Å². The van der Waals surface area contributed by atoms with Crippen molar-refractivity contribution in [3.8, 4) is 11.1 Å². The molecule has 1 amide bonds. The molecule has 2 aromatic rings. The first kappa shape index (κ1) is 17.0. The van der Waals surface area contributed by atoms with Gasteiger partial charge < -0.3 is 5.32 Å². The molecule has 5 nitrogen and oxygen atoms in total. The molecule has 0 bridgehead atoms. The van der Waals surface area contributed by atoms with Crippen molar-refractivity contribution in [2.24, 2.45) is 0 Å². The third-order valence-electron chi connectivity index (χ3n) is 3.89. The number of nitrogens with zero attached hydrogens (tertiary/aromatic N) is 1. The number of nitrogens with one attached hydrogen (secondary N) is 1. The maximum absolute atomic E-state index is 12.8. The van der Waals surface area contributed by atoms with Crippen LogP contribution in [0, 0.1) is 0 Å². The molecule has 1 atom stereocenters. The maximum atomic E-state index is 12.8. The normalized spacial score (nSPS) is 18.5. The monoisotopic (exact) mass is 362 g/mol. The smallest absolute Gasteiger partial charge is 0.248 e. The van der Waals surface area contributed by atoms with Crippen molar-refractivity contribution in [1.82, 2.24) is 9.62 Å². The van der Waals surface area contributed by atoms with Gasteiger partial charge in [0, 0.05) is 19.3 Å². The van der Waals surface area contributed by atoms with Crippen molar-refractivity contribution in [3.63, 3.8) is 0 Å². The first-order valence-corrected chi connectivity index (χ1v) is 10.0. The molecule has 1 fully saturated rings. The van der Waals surface area contributed by atoms with E-state index >= 15 is 0 Å². The molecule has 7 heteroatoms. The van der Waals surface area contributed by atoms with Crippen LogP contribution in [0.5, 0.6) is 0 Å². The molecule has 0 radical (unpaired) electrons. The number of hydrogen-bond acceptors (Lipinski definition) is 4. The van der Waals surface area contributed by atoms with E-state index in [4.69, 9.17) is 0 Å². The van der Waals surface area contributed by atoms with Crippen molar-refractivity contribution in [2.45, 2.75) is 10.3 Å². The molecule has 126 valence electrons. The Hall–Kier alpha value is -1.83. The molecule has 0 unspecified atom stereocenters. The van der Waals surface area contributed by atoms with Crippen molar-refractivity contribution >= 4 is 27.7 Å². The maximum Gasteiger partial charge on any atom is 0.248 e. The third kappa shape index (κ3) is 3.19. The van der Waals surface area contributed by atoms with Gasteiger partial charge in [0.2, 0.25) is 15.9 Å². The van der Waals surface area contributed by atoms with Gasteiger partial charge in [-0.05, 0) is 23.3 Å². The quantitative estimate of drug-likeness (QED) is 0.905. The number of rotatable bonds is 4. The molecule has 24 heavy (non-hydrogen) atoms. The number of sulfonamides is 1. The van der Waals surface area contributed by atoms with Crippen LogP contribution in [0.3, 0.4) is 0 Å². The van der Waals surface area contributed by atoms with Crippen molar-refractivity contribution in [2.75, 3.05) is 19.3 Å². The minimum atomic E-state index is -3.69.